The van der Waals surface area contributed by atoms with E-state index in [1.54, 1.807) is 18.2 Å². The maximum absolute atomic E-state index is 12.8. The third-order valence-corrected chi connectivity index (χ3v) is 5.73. The van der Waals surface area contributed by atoms with Crippen LogP contribution in [0.4, 0.5) is 10.5 Å². The molecule has 2 aliphatic rings. The van der Waals surface area contributed by atoms with Gasteiger partial charge in [-0.25, -0.2) is 4.79 Å². The molecule has 0 aromatic heterocycles. The predicted octanol–water partition coefficient (Wildman–Crippen LogP) is 5.16. The fourth-order valence-corrected chi connectivity index (χ4v) is 4.19. The zero-order valence-electron chi connectivity index (χ0n) is 13.3. The van der Waals surface area contributed by atoms with Gasteiger partial charge < -0.3 is 10.2 Å². The van der Waals surface area contributed by atoms with Crippen LogP contribution in [0.25, 0.3) is 0 Å². The van der Waals surface area contributed by atoms with Crippen molar-refractivity contribution in [2.75, 3.05) is 5.32 Å². The number of amides is 2. The molecule has 2 aromatic carbocycles. The van der Waals surface area contributed by atoms with Crippen LogP contribution in [0.3, 0.4) is 0 Å². The molecule has 6 heteroatoms. The Balaban J connectivity index is 1.59. The molecule has 2 heterocycles. The largest absolute Gasteiger partial charge is 0.322 e. The molecular weight excluding hydrogens is 357 g/mol. The van der Waals surface area contributed by atoms with Crippen molar-refractivity contribution in [3.8, 4) is 6.07 Å². The van der Waals surface area contributed by atoms with Gasteiger partial charge >= 0.3 is 6.03 Å². The number of fused-ring (bicyclic) bond motifs is 4. The molecule has 1 saturated heterocycles. The number of nitriles is 1. The van der Waals surface area contributed by atoms with Gasteiger partial charge in [0.15, 0.2) is 0 Å². The lowest BCUT2D eigenvalue weighted by Gasteiger charge is -2.36. The Kier molecular flexibility index (Phi) is 4.07. The molecule has 0 radical (unpaired) electrons. The second-order valence-corrected chi connectivity index (χ2v) is 7.26. The van der Waals surface area contributed by atoms with Crippen LogP contribution in [0.1, 0.15) is 35.6 Å². The van der Waals surface area contributed by atoms with Gasteiger partial charge in [-0.2, -0.15) is 5.26 Å². The van der Waals surface area contributed by atoms with E-state index in [-0.39, 0.29) is 18.1 Å². The maximum atomic E-state index is 12.8. The number of hydrogen-bond acceptors (Lipinski definition) is 2. The fourth-order valence-electron chi connectivity index (χ4n) is 3.89. The molecule has 2 atom stereocenters. The van der Waals surface area contributed by atoms with Gasteiger partial charge in [-0.3, -0.25) is 0 Å². The summed E-state index contributed by atoms with van der Waals surface area (Å²) in [6, 6.07) is 13.1. The van der Waals surface area contributed by atoms with Crippen molar-refractivity contribution in [1.29, 1.82) is 5.26 Å². The Morgan fingerprint density at radius 2 is 2.00 bits per heavy atom. The van der Waals surface area contributed by atoms with Crippen LogP contribution in [0, 0.1) is 11.3 Å². The van der Waals surface area contributed by atoms with Crippen LogP contribution in [-0.4, -0.2) is 17.0 Å². The molecule has 126 valence electrons. The van der Waals surface area contributed by atoms with Gasteiger partial charge in [-0.05, 0) is 60.7 Å². The molecule has 0 aliphatic carbocycles. The monoisotopic (exact) mass is 371 g/mol. The van der Waals surface area contributed by atoms with Gasteiger partial charge in [0, 0.05) is 11.7 Å². The first-order valence-corrected chi connectivity index (χ1v) is 8.89. The van der Waals surface area contributed by atoms with E-state index in [9.17, 15) is 4.79 Å². The van der Waals surface area contributed by atoms with Crippen LogP contribution in [-0.2, 0) is 6.42 Å². The third-order valence-electron chi connectivity index (χ3n) is 4.99. The Morgan fingerprint density at radius 3 is 2.76 bits per heavy atom. The summed E-state index contributed by atoms with van der Waals surface area (Å²) < 4.78 is 0. The highest BCUT2D eigenvalue weighted by molar-refractivity contribution is 6.42. The maximum Gasteiger partial charge on any atom is 0.322 e. The number of anilines is 1. The molecule has 25 heavy (non-hydrogen) atoms. The number of benzene rings is 2. The standard InChI is InChI=1S/C19H15Cl2N3O/c20-16-5-2-13(9-17(16)21)23-19(25)24-14-3-6-18(24)15-4-1-11(10-22)7-12(15)8-14/h1-2,4-5,7,9,14,18H,3,6,8H2,(H,23,25). The van der Waals surface area contributed by atoms with Crippen molar-refractivity contribution in [3.63, 3.8) is 0 Å². The van der Waals surface area contributed by atoms with Crippen LogP contribution < -0.4 is 5.32 Å². The highest BCUT2D eigenvalue weighted by Crippen LogP contribution is 2.44. The molecule has 4 nitrogen and oxygen atoms in total. The van der Waals surface area contributed by atoms with Crippen molar-refractivity contribution in [2.24, 2.45) is 0 Å². The second-order valence-electron chi connectivity index (χ2n) is 6.44. The van der Waals surface area contributed by atoms with Gasteiger partial charge in [-0.1, -0.05) is 29.3 Å². The van der Waals surface area contributed by atoms with Crippen molar-refractivity contribution < 1.29 is 4.79 Å². The number of halogens is 2. The van der Waals surface area contributed by atoms with Crippen LogP contribution in [0.15, 0.2) is 36.4 Å². The highest BCUT2D eigenvalue weighted by atomic mass is 35.5. The molecular formula is C19H15Cl2N3O. The lowest BCUT2D eigenvalue weighted by molar-refractivity contribution is 0.179. The van der Waals surface area contributed by atoms with E-state index in [0.29, 0.717) is 21.3 Å². The fraction of sp³-hybridized carbons (Fsp3) is 0.263. The Bertz CT molecular complexity index is 906. The molecule has 2 unspecified atom stereocenters. The molecule has 2 aliphatic heterocycles. The minimum Gasteiger partial charge on any atom is -0.314 e. The van der Waals surface area contributed by atoms with Gasteiger partial charge in [0.2, 0.25) is 0 Å². The summed E-state index contributed by atoms with van der Waals surface area (Å²) in [5, 5.41) is 12.9. The quantitative estimate of drug-likeness (QED) is 0.752. The van der Waals surface area contributed by atoms with Gasteiger partial charge in [0.1, 0.15) is 0 Å². The van der Waals surface area contributed by atoms with Crippen LogP contribution in [0.5, 0.6) is 0 Å². The zero-order valence-corrected chi connectivity index (χ0v) is 14.8. The summed E-state index contributed by atoms with van der Waals surface area (Å²) >= 11 is 12.0. The lowest BCUT2D eigenvalue weighted by atomic mass is 9.92. The summed E-state index contributed by atoms with van der Waals surface area (Å²) in [6.07, 6.45) is 2.70. The smallest absolute Gasteiger partial charge is 0.314 e. The molecule has 2 amide bonds. The summed E-state index contributed by atoms with van der Waals surface area (Å²) in [5.74, 6) is 0. The van der Waals surface area contributed by atoms with Gasteiger partial charge in [0.05, 0.1) is 27.7 Å². The molecule has 1 fully saturated rings. The summed E-state index contributed by atoms with van der Waals surface area (Å²) in [7, 11) is 0. The number of carbonyl (C=O) groups excluding carboxylic acids is 1. The van der Waals surface area contributed by atoms with E-state index in [1.807, 2.05) is 23.1 Å². The summed E-state index contributed by atoms with van der Waals surface area (Å²) in [4.78, 5) is 14.8. The first-order valence-electron chi connectivity index (χ1n) is 8.14. The zero-order chi connectivity index (χ0) is 17.6. The number of rotatable bonds is 1. The third kappa shape index (κ3) is 2.84. The average molecular weight is 372 g/mol. The Labute approximate surface area is 156 Å². The normalized spacial score (nSPS) is 20.8. The highest BCUT2D eigenvalue weighted by Gasteiger charge is 2.42. The SMILES string of the molecule is N#Cc1ccc2c(c1)CC1CCC2N1C(=O)Nc1ccc(Cl)c(Cl)c1. The minimum absolute atomic E-state index is 0.0595. The Morgan fingerprint density at radius 1 is 1.16 bits per heavy atom. The van der Waals surface area contributed by atoms with Gasteiger partial charge in [-0.15, -0.1) is 0 Å². The molecule has 2 aromatic rings. The predicted molar refractivity (Wildman–Crippen MR) is 97.9 cm³/mol. The van der Waals surface area contributed by atoms with E-state index in [4.69, 9.17) is 28.5 Å². The lowest BCUT2D eigenvalue weighted by Crippen LogP contribution is -2.44. The number of carbonyl (C=O) groups is 1. The molecule has 0 saturated carbocycles. The molecule has 0 spiro atoms. The molecule has 1 N–H and O–H groups in total. The molecule has 2 bridgehead atoms. The van der Waals surface area contributed by atoms with E-state index >= 15 is 0 Å². The molecule has 4 rings (SSSR count). The number of nitrogens with zero attached hydrogens (tertiary/aromatic N) is 2. The number of hydrogen-bond donors (Lipinski definition) is 1. The van der Waals surface area contributed by atoms with E-state index < -0.39 is 0 Å². The summed E-state index contributed by atoms with van der Waals surface area (Å²) in [5.41, 5.74) is 3.64. The van der Waals surface area contributed by atoms with Crippen molar-refractivity contribution in [1.82, 2.24) is 4.90 Å². The van der Waals surface area contributed by atoms with Crippen molar-refractivity contribution in [2.45, 2.75) is 31.3 Å². The van der Waals surface area contributed by atoms with Crippen LogP contribution >= 0.6 is 23.2 Å². The van der Waals surface area contributed by atoms with E-state index in [0.717, 1.165) is 24.8 Å². The average Bonchev–Trinajstić information content (AvgIpc) is 2.93. The van der Waals surface area contributed by atoms with Crippen molar-refractivity contribution >= 4 is 34.9 Å². The topological polar surface area (TPSA) is 56.1 Å². The van der Waals surface area contributed by atoms with Crippen LogP contribution in [0.2, 0.25) is 10.0 Å². The van der Waals surface area contributed by atoms with E-state index in [1.165, 1.54) is 5.56 Å². The van der Waals surface area contributed by atoms with E-state index in [2.05, 4.69) is 11.4 Å². The summed E-state index contributed by atoms with van der Waals surface area (Å²) in [6.45, 7) is 0. The number of urea groups is 1. The second kappa shape index (κ2) is 6.25. The van der Waals surface area contributed by atoms with Crippen molar-refractivity contribution in [3.05, 3.63) is 63.1 Å². The first kappa shape index (κ1) is 16.3. The number of nitrogens with one attached hydrogen (secondary N) is 1. The Hall–Kier alpha value is -2.22. The minimum atomic E-state index is -0.124. The van der Waals surface area contributed by atoms with Gasteiger partial charge in [0.25, 0.3) is 0 Å². The first-order chi connectivity index (χ1) is 12.1.